The van der Waals surface area contributed by atoms with Gasteiger partial charge in [-0.2, -0.15) is 12.6 Å². The Hall–Kier alpha value is -1.04. The van der Waals surface area contributed by atoms with Crippen LogP contribution in [0.15, 0.2) is 24.3 Å². The Kier molecular flexibility index (Phi) is 5.30. The van der Waals surface area contributed by atoms with E-state index in [2.05, 4.69) is 17.4 Å². The van der Waals surface area contributed by atoms with Crippen LogP contribution >= 0.6 is 12.6 Å². The van der Waals surface area contributed by atoms with Crippen molar-refractivity contribution in [1.82, 2.24) is 0 Å². The third kappa shape index (κ3) is 5.02. The van der Waals surface area contributed by atoms with E-state index in [0.717, 1.165) is 18.6 Å². The average Bonchev–Trinajstić information content (AvgIpc) is 2.46. The maximum absolute atomic E-state index is 12.1. The smallest absolute Gasteiger partial charge is 0.493 e. The van der Waals surface area contributed by atoms with E-state index in [1.54, 1.807) is 0 Å². The van der Waals surface area contributed by atoms with Crippen LogP contribution in [-0.2, 0) is 0 Å². The molecular weight excluding hydrogens is 301 g/mol. The van der Waals surface area contributed by atoms with E-state index in [0.29, 0.717) is 12.4 Å². The lowest BCUT2D eigenvalue weighted by atomic mass is 9.76. The van der Waals surface area contributed by atoms with Gasteiger partial charge in [-0.25, -0.2) is 0 Å². The molecule has 2 rings (SSSR count). The summed E-state index contributed by atoms with van der Waals surface area (Å²) in [5.74, 6) is 1.08. The molecule has 1 fully saturated rings. The van der Waals surface area contributed by atoms with Crippen LogP contribution in [0.25, 0.3) is 0 Å². The van der Waals surface area contributed by atoms with Crippen LogP contribution in [0.5, 0.6) is 11.5 Å². The number of rotatable bonds is 5. The first-order valence-corrected chi connectivity index (χ1v) is 7.65. The summed E-state index contributed by atoms with van der Waals surface area (Å²) < 4.78 is 45.8. The van der Waals surface area contributed by atoms with Crippen LogP contribution in [0.2, 0.25) is 0 Å². The highest BCUT2D eigenvalue weighted by atomic mass is 32.1. The monoisotopic (exact) mass is 320 g/mol. The van der Waals surface area contributed by atoms with E-state index >= 15 is 0 Å². The van der Waals surface area contributed by atoms with Gasteiger partial charge >= 0.3 is 6.36 Å². The number of hydrogen-bond acceptors (Lipinski definition) is 3. The number of halogens is 3. The fourth-order valence-corrected chi connectivity index (χ4v) is 3.03. The summed E-state index contributed by atoms with van der Waals surface area (Å²) in [5.41, 5.74) is 0.0858. The van der Waals surface area contributed by atoms with Crippen molar-refractivity contribution < 1.29 is 22.6 Å². The molecule has 0 radical (unpaired) electrons. The van der Waals surface area contributed by atoms with Crippen LogP contribution < -0.4 is 9.47 Å². The average molecular weight is 320 g/mol. The number of benzene rings is 1. The lowest BCUT2D eigenvalue weighted by Gasteiger charge is -2.35. The SMILES string of the molecule is FC(F)(F)Oc1ccc(OCC2(CS)CCCCC2)cc1. The topological polar surface area (TPSA) is 18.5 Å². The standard InChI is InChI=1S/C15H19F3O2S/c16-15(17,18)20-13-6-4-12(5-7-13)19-10-14(11-21)8-2-1-3-9-14/h4-7,21H,1-3,8-11H2. The predicted octanol–water partition coefficient (Wildman–Crippen LogP) is 4.84. The second-order valence-corrected chi connectivity index (χ2v) is 5.84. The zero-order valence-electron chi connectivity index (χ0n) is 11.7. The highest BCUT2D eigenvalue weighted by Crippen LogP contribution is 2.38. The molecule has 0 aliphatic heterocycles. The summed E-state index contributed by atoms with van der Waals surface area (Å²) in [6, 6.07) is 5.51. The molecule has 6 heteroatoms. The van der Waals surface area contributed by atoms with Gasteiger partial charge in [0.25, 0.3) is 0 Å². The third-order valence-electron chi connectivity index (χ3n) is 3.85. The molecule has 0 heterocycles. The van der Waals surface area contributed by atoms with E-state index in [9.17, 15) is 13.2 Å². The Bertz CT molecular complexity index is 439. The first kappa shape index (κ1) is 16.3. The predicted molar refractivity (Wildman–Crippen MR) is 78.0 cm³/mol. The van der Waals surface area contributed by atoms with E-state index < -0.39 is 6.36 Å². The molecule has 1 aliphatic carbocycles. The van der Waals surface area contributed by atoms with Gasteiger partial charge in [0.05, 0.1) is 6.61 Å². The normalized spacial score (nSPS) is 18.3. The van der Waals surface area contributed by atoms with Crippen molar-refractivity contribution in [3.8, 4) is 11.5 Å². The molecule has 21 heavy (non-hydrogen) atoms. The molecule has 0 aromatic heterocycles. The van der Waals surface area contributed by atoms with Gasteiger partial charge in [-0.05, 0) is 42.9 Å². The second-order valence-electron chi connectivity index (χ2n) is 5.53. The Morgan fingerprint density at radius 3 is 2.10 bits per heavy atom. The number of ether oxygens (including phenoxy) is 2. The molecule has 1 saturated carbocycles. The minimum atomic E-state index is -4.67. The largest absolute Gasteiger partial charge is 0.573 e. The Morgan fingerprint density at radius 1 is 1.00 bits per heavy atom. The molecule has 1 aromatic rings. The van der Waals surface area contributed by atoms with Crippen molar-refractivity contribution in [1.29, 1.82) is 0 Å². The first-order chi connectivity index (χ1) is 9.92. The molecule has 0 spiro atoms. The summed E-state index contributed by atoms with van der Waals surface area (Å²) in [5, 5.41) is 0. The number of hydrogen-bond donors (Lipinski definition) is 1. The molecule has 0 unspecified atom stereocenters. The molecule has 0 N–H and O–H groups in total. The fraction of sp³-hybridized carbons (Fsp3) is 0.600. The lowest BCUT2D eigenvalue weighted by Crippen LogP contribution is -2.32. The summed E-state index contributed by atoms with van der Waals surface area (Å²) in [4.78, 5) is 0. The van der Waals surface area contributed by atoms with Gasteiger partial charge in [-0.3, -0.25) is 0 Å². The van der Waals surface area contributed by atoms with Gasteiger partial charge in [-0.1, -0.05) is 19.3 Å². The van der Waals surface area contributed by atoms with Gasteiger partial charge in [0, 0.05) is 5.41 Å². The van der Waals surface area contributed by atoms with E-state index in [4.69, 9.17) is 4.74 Å². The zero-order chi connectivity index (χ0) is 15.3. The summed E-state index contributed by atoms with van der Waals surface area (Å²) >= 11 is 4.43. The van der Waals surface area contributed by atoms with Crippen molar-refractivity contribution in [3.05, 3.63) is 24.3 Å². The van der Waals surface area contributed by atoms with Crippen LogP contribution in [-0.4, -0.2) is 18.7 Å². The Balaban J connectivity index is 1.91. The summed E-state index contributed by atoms with van der Waals surface area (Å²) in [6.45, 7) is 0.552. The third-order valence-corrected chi connectivity index (χ3v) is 4.52. The van der Waals surface area contributed by atoms with Crippen molar-refractivity contribution in [2.75, 3.05) is 12.4 Å². The molecule has 1 aromatic carbocycles. The van der Waals surface area contributed by atoms with Crippen LogP contribution in [0.1, 0.15) is 32.1 Å². The van der Waals surface area contributed by atoms with E-state index in [-0.39, 0.29) is 11.2 Å². The van der Waals surface area contributed by atoms with Crippen molar-refractivity contribution in [2.45, 2.75) is 38.5 Å². The molecule has 0 bridgehead atoms. The minimum absolute atomic E-state index is 0.0858. The van der Waals surface area contributed by atoms with Gasteiger partial charge in [0.2, 0.25) is 0 Å². The minimum Gasteiger partial charge on any atom is -0.493 e. The molecular formula is C15H19F3O2S. The van der Waals surface area contributed by atoms with Gasteiger partial charge < -0.3 is 9.47 Å². The fourth-order valence-electron chi connectivity index (χ4n) is 2.62. The Morgan fingerprint density at radius 2 is 1.57 bits per heavy atom. The van der Waals surface area contributed by atoms with Crippen LogP contribution in [0.3, 0.4) is 0 Å². The van der Waals surface area contributed by atoms with E-state index in [1.165, 1.54) is 43.5 Å². The molecule has 118 valence electrons. The highest BCUT2D eigenvalue weighted by Gasteiger charge is 2.32. The second kappa shape index (κ2) is 6.81. The molecule has 2 nitrogen and oxygen atoms in total. The molecule has 1 aliphatic rings. The van der Waals surface area contributed by atoms with Crippen molar-refractivity contribution >= 4 is 12.6 Å². The van der Waals surface area contributed by atoms with Crippen LogP contribution in [0, 0.1) is 5.41 Å². The lowest BCUT2D eigenvalue weighted by molar-refractivity contribution is -0.274. The maximum Gasteiger partial charge on any atom is 0.573 e. The Labute approximate surface area is 128 Å². The number of alkyl halides is 3. The quantitative estimate of drug-likeness (QED) is 0.782. The van der Waals surface area contributed by atoms with Crippen LogP contribution in [0.4, 0.5) is 13.2 Å². The molecule has 0 atom stereocenters. The summed E-state index contributed by atoms with van der Waals surface area (Å²) in [6.07, 6.45) is 1.13. The highest BCUT2D eigenvalue weighted by molar-refractivity contribution is 7.80. The van der Waals surface area contributed by atoms with E-state index in [1.807, 2.05) is 0 Å². The van der Waals surface area contributed by atoms with Crippen molar-refractivity contribution in [3.63, 3.8) is 0 Å². The summed E-state index contributed by atoms with van der Waals surface area (Å²) in [7, 11) is 0. The zero-order valence-corrected chi connectivity index (χ0v) is 12.6. The molecule has 0 saturated heterocycles. The first-order valence-electron chi connectivity index (χ1n) is 7.02. The van der Waals surface area contributed by atoms with Gasteiger partial charge in [-0.15, -0.1) is 13.2 Å². The maximum atomic E-state index is 12.1. The molecule has 0 amide bonds. The van der Waals surface area contributed by atoms with Gasteiger partial charge in [0.1, 0.15) is 11.5 Å². The van der Waals surface area contributed by atoms with Gasteiger partial charge in [0.15, 0.2) is 0 Å². The number of thiol groups is 1. The van der Waals surface area contributed by atoms with Crippen molar-refractivity contribution in [2.24, 2.45) is 5.41 Å².